The van der Waals surface area contributed by atoms with Crippen LogP contribution in [0.15, 0.2) is 12.5 Å². The van der Waals surface area contributed by atoms with Gasteiger partial charge >= 0.3 is 0 Å². The SMILES string of the molecule is CC(=O)N1CCC[C@H]1C(=O)N[C@@H](Cc1c[nH]cn1)C(=O)N[C@@H](CO)C(=O)N[C@H]([C]=O)CS. The van der Waals surface area contributed by atoms with E-state index in [0.717, 1.165) is 0 Å². The molecule has 0 bridgehead atoms. The number of aliphatic hydroxyl groups excluding tert-OH is 1. The minimum atomic E-state index is -1.36. The van der Waals surface area contributed by atoms with Crippen LogP contribution in [0.3, 0.4) is 0 Å². The van der Waals surface area contributed by atoms with Gasteiger partial charge in [-0.3, -0.25) is 24.0 Å². The Morgan fingerprint density at radius 2 is 2.00 bits per heavy atom. The van der Waals surface area contributed by atoms with Gasteiger partial charge in [0.1, 0.15) is 24.2 Å². The average Bonchev–Trinajstić information content (AvgIpc) is 3.46. The van der Waals surface area contributed by atoms with Gasteiger partial charge in [-0.2, -0.15) is 12.6 Å². The predicted octanol–water partition coefficient (Wildman–Crippen LogP) is -2.55. The zero-order valence-electron chi connectivity index (χ0n) is 17.5. The molecule has 32 heavy (non-hydrogen) atoms. The van der Waals surface area contributed by atoms with E-state index in [-0.39, 0.29) is 18.1 Å². The van der Waals surface area contributed by atoms with Gasteiger partial charge in [0.25, 0.3) is 0 Å². The fourth-order valence-corrected chi connectivity index (χ4v) is 3.52. The number of thiol groups is 1. The molecule has 4 amide bonds. The maximum absolute atomic E-state index is 12.9. The van der Waals surface area contributed by atoms with Crippen molar-refractivity contribution in [2.45, 2.75) is 50.4 Å². The summed E-state index contributed by atoms with van der Waals surface area (Å²) in [6.07, 6.45) is 5.70. The van der Waals surface area contributed by atoms with E-state index in [1.807, 2.05) is 0 Å². The molecule has 1 aromatic rings. The highest BCUT2D eigenvalue weighted by molar-refractivity contribution is 7.80. The molecule has 0 spiro atoms. The van der Waals surface area contributed by atoms with E-state index < -0.39 is 48.5 Å². The topological polar surface area (TPSA) is 174 Å². The number of hydrogen-bond donors (Lipinski definition) is 6. The number of likely N-dealkylation sites (tertiary alicyclic amines) is 1. The summed E-state index contributed by atoms with van der Waals surface area (Å²) in [6.45, 7) is 1.09. The molecule has 0 saturated carbocycles. The summed E-state index contributed by atoms with van der Waals surface area (Å²) >= 11 is 3.91. The van der Waals surface area contributed by atoms with Crippen LogP contribution in [-0.4, -0.2) is 93.0 Å². The molecule has 1 aliphatic rings. The molecule has 0 unspecified atom stereocenters. The second-order valence-electron chi connectivity index (χ2n) is 7.30. The van der Waals surface area contributed by atoms with Crippen LogP contribution in [0.5, 0.6) is 0 Å². The molecule has 12 nitrogen and oxygen atoms in total. The van der Waals surface area contributed by atoms with Gasteiger partial charge in [-0.05, 0) is 12.8 Å². The Kier molecular flexibility index (Phi) is 9.65. The summed E-state index contributed by atoms with van der Waals surface area (Å²) in [5.41, 5.74) is 0.482. The molecule has 4 atom stereocenters. The number of nitrogens with one attached hydrogen (secondary N) is 4. The second kappa shape index (κ2) is 12.2. The summed E-state index contributed by atoms with van der Waals surface area (Å²) in [7, 11) is 0. The Balaban J connectivity index is 2.11. The molecule has 1 aliphatic heterocycles. The molecule has 1 fully saturated rings. The minimum absolute atomic E-state index is 0.00673. The Labute approximate surface area is 190 Å². The number of carbonyl (C=O) groups is 4. The number of imidazole rings is 1. The minimum Gasteiger partial charge on any atom is -0.394 e. The molecule has 5 N–H and O–H groups in total. The zero-order chi connectivity index (χ0) is 23.7. The lowest BCUT2D eigenvalue weighted by atomic mass is 10.1. The first kappa shape index (κ1) is 25.3. The smallest absolute Gasteiger partial charge is 0.245 e. The van der Waals surface area contributed by atoms with E-state index in [1.165, 1.54) is 18.2 Å². The van der Waals surface area contributed by atoms with Crippen LogP contribution in [0, 0.1) is 0 Å². The quantitative estimate of drug-likeness (QED) is 0.194. The Morgan fingerprint density at radius 1 is 1.28 bits per heavy atom. The predicted molar refractivity (Wildman–Crippen MR) is 115 cm³/mol. The molecule has 1 aromatic heterocycles. The largest absolute Gasteiger partial charge is 0.394 e. The molecule has 175 valence electrons. The molecule has 0 aromatic carbocycles. The van der Waals surface area contributed by atoms with Crippen LogP contribution in [0.1, 0.15) is 25.5 Å². The number of H-pyrrole nitrogens is 1. The van der Waals surface area contributed by atoms with Crippen molar-refractivity contribution in [1.82, 2.24) is 30.8 Å². The highest BCUT2D eigenvalue weighted by Gasteiger charge is 2.35. The van der Waals surface area contributed by atoms with Crippen LogP contribution in [0.4, 0.5) is 0 Å². The lowest BCUT2D eigenvalue weighted by Gasteiger charge is -2.26. The van der Waals surface area contributed by atoms with Crippen molar-refractivity contribution < 1.29 is 29.1 Å². The van der Waals surface area contributed by atoms with Gasteiger partial charge in [0, 0.05) is 31.8 Å². The number of nitrogens with zero attached hydrogens (tertiary/aromatic N) is 2. The number of hydrogen-bond acceptors (Lipinski definition) is 8. The summed E-state index contributed by atoms with van der Waals surface area (Å²) in [6, 6.07) is -4.19. The molecule has 2 rings (SSSR count). The Hall–Kier alpha value is -2.93. The molecular formula is C19H27N6O6S. The Bertz CT molecular complexity index is 819. The van der Waals surface area contributed by atoms with Crippen molar-refractivity contribution in [3.05, 3.63) is 18.2 Å². The van der Waals surface area contributed by atoms with E-state index >= 15 is 0 Å². The first-order valence-electron chi connectivity index (χ1n) is 10.1. The molecule has 1 radical (unpaired) electrons. The van der Waals surface area contributed by atoms with Crippen molar-refractivity contribution >= 4 is 42.5 Å². The van der Waals surface area contributed by atoms with Gasteiger partial charge in [0.2, 0.25) is 29.9 Å². The summed E-state index contributed by atoms with van der Waals surface area (Å²) < 4.78 is 0. The third-order valence-corrected chi connectivity index (χ3v) is 5.38. The van der Waals surface area contributed by atoms with Gasteiger partial charge < -0.3 is 30.9 Å². The zero-order valence-corrected chi connectivity index (χ0v) is 18.4. The standard InChI is InChI=1S/C19H27N6O6S/c1-11(28)25-4-2-3-16(25)19(31)23-14(5-12-6-20-10-21-12)17(29)24-15(8-27)18(30)22-13(7-26)9-32/h6,10,13-16,27,32H,2-5,8-9H2,1H3,(H,20,21)(H,22,30)(H,23,31)(H,24,29)/t13-,14+,15+,16+/m1/s1. The van der Waals surface area contributed by atoms with Crippen molar-refractivity contribution in [3.8, 4) is 0 Å². The van der Waals surface area contributed by atoms with Gasteiger partial charge in [0.15, 0.2) is 0 Å². The number of aliphatic hydroxyl groups is 1. The summed E-state index contributed by atoms with van der Waals surface area (Å²) in [5, 5.41) is 16.8. The van der Waals surface area contributed by atoms with E-state index in [2.05, 4.69) is 38.5 Å². The fourth-order valence-electron chi connectivity index (χ4n) is 3.36. The molecular weight excluding hydrogens is 440 g/mol. The van der Waals surface area contributed by atoms with Gasteiger partial charge in [0.05, 0.1) is 18.6 Å². The number of aromatic amines is 1. The summed E-state index contributed by atoms with van der Waals surface area (Å²) in [5.74, 6) is -2.28. The van der Waals surface area contributed by atoms with Gasteiger partial charge in [-0.15, -0.1) is 0 Å². The van der Waals surface area contributed by atoms with Crippen LogP contribution in [0.25, 0.3) is 0 Å². The Morgan fingerprint density at radius 3 is 2.56 bits per heavy atom. The molecule has 0 aliphatic carbocycles. The second-order valence-corrected chi connectivity index (χ2v) is 7.67. The third-order valence-electron chi connectivity index (χ3n) is 5.02. The lowest BCUT2D eigenvalue weighted by Crippen LogP contribution is -2.58. The normalized spacial score (nSPS) is 18.3. The first-order chi connectivity index (χ1) is 15.3. The third kappa shape index (κ3) is 6.79. The lowest BCUT2D eigenvalue weighted by molar-refractivity contribution is -0.138. The van der Waals surface area contributed by atoms with E-state index in [9.17, 15) is 29.1 Å². The van der Waals surface area contributed by atoms with Gasteiger partial charge in [-0.1, -0.05) is 0 Å². The number of aromatic nitrogens is 2. The van der Waals surface area contributed by atoms with Crippen molar-refractivity contribution in [2.24, 2.45) is 0 Å². The monoisotopic (exact) mass is 467 g/mol. The highest BCUT2D eigenvalue weighted by atomic mass is 32.1. The van der Waals surface area contributed by atoms with E-state index in [1.54, 1.807) is 12.5 Å². The highest BCUT2D eigenvalue weighted by Crippen LogP contribution is 2.17. The van der Waals surface area contributed by atoms with Crippen LogP contribution < -0.4 is 16.0 Å². The maximum Gasteiger partial charge on any atom is 0.245 e. The number of rotatable bonds is 11. The van der Waals surface area contributed by atoms with Crippen molar-refractivity contribution in [2.75, 3.05) is 18.9 Å². The first-order valence-corrected chi connectivity index (χ1v) is 10.7. The van der Waals surface area contributed by atoms with Crippen LogP contribution >= 0.6 is 12.6 Å². The molecule has 13 heteroatoms. The summed E-state index contributed by atoms with van der Waals surface area (Å²) in [4.78, 5) is 68.8. The number of carbonyl (C=O) groups excluding carboxylic acids is 5. The number of amides is 4. The average molecular weight is 468 g/mol. The maximum atomic E-state index is 12.9. The van der Waals surface area contributed by atoms with Crippen LogP contribution in [-0.2, 0) is 30.4 Å². The fraction of sp³-hybridized carbons (Fsp3) is 0.579. The van der Waals surface area contributed by atoms with Crippen molar-refractivity contribution in [1.29, 1.82) is 0 Å². The van der Waals surface area contributed by atoms with E-state index in [0.29, 0.717) is 25.1 Å². The van der Waals surface area contributed by atoms with Crippen molar-refractivity contribution in [3.63, 3.8) is 0 Å². The van der Waals surface area contributed by atoms with Crippen LogP contribution in [0.2, 0.25) is 0 Å². The van der Waals surface area contributed by atoms with Gasteiger partial charge in [-0.25, -0.2) is 4.98 Å². The molecule has 1 saturated heterocycles. The van der Waals surface area contributed by atoms with E-state index in [4.69, 9.17) is 0 Å². The molecule has 2 heterocycles.